The fourth-order valence-electron chi connectivity index (χ4n) is 2.03. The highest BCUT2D eigenvalue weighted by Gasteiger charge is 2.24. The van der Waals surface area contributed by atoms with Crippen molar-refractivity contribution >= 4 is 0 Å². The molecule has 0 aliphatic heterocycles. The van der Waals surface area contributed by atoms with Crippen LogP contribution >= 0.6 is 0 Å². The summed E-state index contributed by atoms with van der Waals surface area (Å²) in [4.78, 5) is 0. The van der Waals surface area contributed by atoms with E-state index < -0.39 is 6.23 Å². The molecule has 0 aromatic rings. The van der Waals surface area contributed by atoms with Gasteiger partial charge in [-0.15, -0.1) is 0 Å². The first-order valence-corrected chi connectivity index (χ1v) is 5.09. The first kappa shape index (κ1) is 10.9. The maximum absolute atomic E-state index is 9.61. The number of rotatable bonds is 4. The predicted molar refractivity (Wildman–Crippen MR) is 52.7 cm³/mol. The van der Waals surface area contributed by atoms with Crippen LogP contribution in [-0.2, 0) is 0 Å². The Morgan fingerprint density at radius 2 is 1.85 bits per heavy atom. The van der Waals surface area contributed by atoms with Crippen molar-refractivity contribution < 1.29 is 5.11 Å². The summed E-state index contributed by atoms with van der Waals surface area (Å²) in [7, 11) is 0. The lowest BCUT2D eigenvalue weighted by molar-refractivity contribution is 0.0481. The van der Waals surface area contributed by atoms with Crippen molar-refractivity contribution in [3.05, 3.63) is 0 Å². The Morgan fingerprint density at radius 3 is 2.31 bits per heavy atom. The average Bonchev–Trinajstić information content (AvgIpc) is 2.18. The SMILES string of the molecule is NCN[C@H](O)C1CCC(CN)CC1. The number of nitrogens with two attached hydrogens (primary N) is 2. The highest BCUT2D eigenvalue weighted by Crippen LogP contribution is 2.29. The minimum Gasteiger partial charge on any atom is -0.378 e. The van der Waals surface area contributed by atoms with Crippen molar-refractivity contribution in [3.63, 3.8) is 0 Å². The molecule has 1 fully saturated rings. The zero-order valence-corrected chi connectivity index (χ0v) is 8.08. The van der Waals surface area contributed by atoms with Crippen LogP contribution in [0.15, 0.2) is 0 Å². The molecule has 6 N–H and O–H groups in total. The van der Waals surface area contributed by atoms with Crippen LogP contribution in [-0.4, -0.2) is 24.5 Å². The lowest BCUT2D eigenvalue weighted by atomic mass is 9.81. The van der Waals surface area contributed by atoms with E-state index in [9.17, 15) is 5.11 Å². The standard InChI is InChI=1S/C9H21N3O/c10-5-7-1-3-8(4-2-7)9(13)12-6-11/h7-9,12-13H,1-6,10-11H2/t7?,8?,9-/m1/s1. The van der Waals surface area contributed by atoms with Gasteiger partial charge in [-0.1, -0.05) is 0 Å². The van der Waals surface area contributed by atoms with Crippen molar-refractivity contribution in [1.82, 2.24) is 5.32 Å². The smallest absolute Gasteiger partial charge is 0.108 e. The first-order valence-electron chi connectivity index (χ1n) is 5.09. The first-order chi connectivity index (χ1) is 6.27. The molecule has 0 heterocycles. The molecule has 1 aliphatic rings. The van der Waals surface area contributed by atoms with Crippen LogP contribution in [0.5, 0.6) is 0 Å². The topological polar surface area (TPSA) is 84.3 Å². The van der Waals surface area contributed by atoms with E-state index >= 15 is 0 Å². The zero-order chi connectivity index (χ0) is 9.68. The van der Waals surface area contributed by atoms with Gasteiger partial charge in [-0.05, 0) is 44.1 Å². The van der Waals surface area contributed by atoms with Gasteiger partial charge in [0.2, 0.25) is 0 Å². The van der Waals surface area contributed by atoms with E-state index in [1.54, 1.807) is 0 Å². The summed E-state index contributed by atoms with van der Waals surface area (Å²) in [6.07, 6.45) is 3.99. The van der Waals surface area contributed by atoms with Gasteiger partial charge < -0.3 is 16.6 Å². The molecule has 0 aromatic carbocycles. The fraction of sp³-hybridized carbons (Fsp3) is 1.00. The number of nitrogens with one attached hydrogen (secondary N) is 1. The van der Waals surface area contributed by atoms with Crippen LogP contribution in [0.3, 0.4) is 0 Å². The van der Waals surface area contributed by atoms with Gasteiger partial charge in [0, 0.05) is 6.67 Å². The summed E-state index contributed by atoms with van der Waals surface area (Å²) in [6.45, 7) is 1.13. The normalized spacial score (nSPS) is 31.6. The third-order valence-electron chi connectivity index (χ3n) is 3.00. The molecule has 0 amide bonds. The molecule has 1 atom stereocenters. The second-order valence-electron chi connectivity index (χ2n) is 3.87. The van der Waals surface area contributed by atoms with E-state index in [1.165, 1.54) is 0 Å². The molecule has 0 unspecified atom stereocenters. The van der Waals surface area contributed by atoms with E-state index in [1.807, 2.05) is 0 Å². The predicted octanol–water partition coefficient (Wildman–Crippen LogP) is -0.424. The molecule has 0 radical (unpaired) electrons. The van der Waals surface area contributed by atoms with Crippen molar-refractivity contribution in [3.8, 4) is 0 Å². The molecule has 78 valence electrons. The molecular formula is C9H21N3O. The molecule has 4 heteroatoms. The second kappa shape index (κ2) is 5.54. The van der Waals surface area contributed by atoms with Gasteiger partial charge in [-0.25, -0.2) is 0 Å². The van der Waals surface area contributed by atoms with Crippen molar-refractivity contribution in [2.24, 2.45) is 23.3 Å². The molecule has 1 aliphatic carbocycles. The Morgan fingerprint density at radius 1 is 1.23 bits per heavy atom. The van der Waals surface area contributed by atoms with Gasteiger partial charge in [0.1, 0.15) is 6.23 Å². The lowest BCUT2D eigenvalue weighted by Gasteiger charge is -2.30. The number of hydrogen-bond donors (Lipinski definition) is 4. The van der Waals surface area contributed by atoms with E-state index in [4.69, 9.17) is 11.5 Å². The van der Waals surface area contributed by atoms with Crippen molar-refractivity contribution in [1.29, 1.82) is 0 Å². The van der Waals surface area contributed by atoms with E-state index in [0.717, 1.165) is 32.2 Å². The maximum atomic E-state index is 9.61. The van der Waals surface area contributed by atoms with Gasteiger partial charge >= 0.3 is 0 Å². The van der Waals surface area contributed by atoms with Gasteiger partial charge in [-0.2, -0.15) is 0 Å². The molecule has 1 saturated carbocycles. The summed E-state index contributed by atoms with van der Waals surface area (Å²) in [6, 6.07) is 0. The number of aliphatic hydroxyl groups is 1. The maximum Gasteiger partial charge on any atom is 0.108 e. The quantitative estimate of drug-likeness (QED) is 0.450. The lowest BCUT2D eigenvalue weighted by Crippen LogP contribution is -2.41. The minimum atomic E-state index is -0.427. The summed E-state index contributed by atoms with van der Waals surface area (Å²) in [5.74, 6) is 1.03. The summed E-state index contributed by atoms with van der Waals surface area (Å²) in [5, 5.41) is 12.5. The van der Waals surface area contributed by atoms with Gasteiger partial charge in [0.05, 0.1) is 0 Å². The van der Waals surface area contributed by atoms with Crippen LogP contribution in [0.1, 0.15) is 25.7 Å². The fourth-order valence-corrected chi connectivity index (χ4v) is 2.03. The second-order valence-corrected chi connectivity index (χ2v) is 3.87. The highest BCUT2D eigenvalue weighted by atomic mass is 16.3. The van der Waals surface area contributed by atoms with Crippen LogP contribution < -0.4 is 16.8 Å². The third kappa shape index (κ3) is 3.23. The Balaban J connectivity index is 2.23. The monoisotopic (exact) mass is 187 g/mol. The molecule has 1 rings (SSSR count). The van der Waals surface area contributed by atoms with E-state index in [-0.39, 0.29) is 0 Å². The Bertz CT molecular complexity index is 135. The summed E-state index contributed by atoms with van der Waals surface area (Å²) in [5.41, 5.74) is 10.9. The molecule has 13 heavy (non-hydrogen) atoms. The third-order valence-corrected chi connectivity index (χ3v) is 3.00. The van der Waals surface area contributed by atoms with Crippen molar-refractivity contribution in [2.75, 3.05) is 13.2 Å². The van der Waals surface area contributed by atoms with Crippen LogP contribution in [0.4, 0.5) is 0 Å². The van der Waals surface area contributed by atoms with Gasteiger partial charge in [0.15, 0.2) is 0 Å². The highest BCUT2D eigenvalue weighted by molar-refractivity contribution is 4.76. The zero-order valence-electron chi connectivity index (χ0n) is 8.08. The van der Waals surface area contributed by atoms with Crippen LogP contribution in [0.25, 0.3) is 0 Å². The molecule has 0 bridgehead atoms. The minimum absolute atomic E-state index is 0.345. The summed E-state index contributed by atoms with van der Waals surface area (Å²) < 4.78 is 0. The summed E-state index contributed by atoms with van der Waals surface area (Å²) >= 11 is 0. The molecule has 0 spiro atoms. The Kier molecular flexibility index (Phi) is 4.66. The van der Waals surface area contributed by atoms with Gasteiger partial charge in [0.25, 0.3) is 0 Å². The Labute approximate surface area is 79.7 Å². The van der Waals surface area contributed by atoms with Gasteiger partial charge in [-0.3, -0.25) is 5.32 Å². The number of aliphatic hydroxyl groups excluding tert-OH is 1. The molecular weight excluding hydrogens is 166 g/mol. The van der Waals surface area contributed by atoms with Crippen LogP contribution in [0.2, 0.25) is 0 Å². The molecule has 0 saturated heterocycles. The number of hydrogen-bond acceptors (Lipinski definition) is 4. The van der Waals surface area contributed by atoms with Crippen molar-refractivity contribution in [2.45, 2.75) is 31.9 Å². The van der Waals surface area contributed by atoms with E-state index in [0.29, 0.717) is 18.5 Å². The molecule has 4 nitrogen and oxygen atoms in total. The average molecular weight is 187 g/mol. The molecule has 0 aromatic heterocycles. The van der Waals surface area contributed by atoms with E-state index in [2.05, 4.69) is 5.32 Å². The largest absolute Gasteiger partial charge is 0.378 e. The Hall–Kier alpha value is -0.160. The van der Waals surface area contributed by atoms with Crippen LogP contribution in [0, 0.1) is 11.8 Å².